The summed E-state index contributed by atoms with van der Waals surface area (Å²) in [4.78, 5) is 0. The lowest BCUT2D eigenvalue weighted by Gasteiger charge is -2.52. The third-order valence-corrected chi connectivity index (χ3v) is 4.83. The second kappa shape index (κ2) is 5.16. The molecule has 1 saturated carbocycles. The van der Waals surface area contributed by atoms with Crippen LogP contribution in [-0.2, 0) is 5.67 Å². The number of nitrogens with two attached hydrogens (primary N) is 1. The zero-order valence-electron chi connectivity index (χ0n) is 12.3. The van der Waals surface area contributed by atoms with Gasteiger partial charge in [-0.2, -0.15) is 43.9 Å². The Hall–Kier alpha value is -1.27. The van der Waals surface area contributed by atoms with E-state index in [1.165, 1.54) is 0 Å². The number of aryl methyl sites for hydroxylation is 1. The highest BCUT2D eigenvalue weighted by Crippen LogP contribution is 2.72. The highest BCUT2D eigenvalue weighted by Gasteiger charge is 3.01. The Morgan fingerprint density at radius 2 is 1.04 bits per heavy atom. The van der Waals surface area contributed by atoms with Gasteiger partial charge in [0.15, 0.2) is 0 Å². The van der Waals surface area contributed by atoms with E-state index in [0.29, 0.717) is 0 Å². The number of rotatable bonds is 1. The summed E-state index contributed by atoms with van der Waals surface area (Å²) in [5.74, 6) is -35.3. The molecular formula is C13H7BrF11N. The van der Waals surface area contributed by atoms with Gasteiger partial charge in [0.05, 0.1) is 0 Å². The van der Waals surface area contributed by atoms with Crippen molar-refractivity contribution >= 4 is 21.6 Å². The lowest BCUT2D eigenvalue weighted by molar-refractivity contribution is -0.489. The quantitative estimate of drug-likeness (QED) is 0.418. The fourth-order valence-electron chi connectivity index (χ4n) is 2.54. The molecular weight excluding hydrogens is 459 g/mol. The maximum Gasteiger partial charge on any atom is 0.384 e. The second-order valence-corrected chi connectivity index (χ2v) is 6.57. The fourth-order valence-corrected chi connectivity index (χ4v) is 3.10. The summed E-state index contributed by atoms with van der Waals surface area (Å²) >= 11 is 2.54. The molecule has 1 aromatic carbocycles. The Balaban J connectivity index is 2.98. The minimum absolute atomic E-state index is 0.0276. The smallest absolute Gasteiger partial charge is 0.384 e. The van der Waals surface area contributed by atoms with Crippen molar-refractivity contribution < 1.29 is 48.3 Å². The van der Waals surface area contributed by atoms with Gasteiger partial charge in [0, 0.05) is 15.7 Å². The molecule has 0 radical (unpaired) electrons. The molecule has 0 atom stereocenters. The summed E-state index contributed by atoms with van der Waals surface area (Å²) in [6.07, 6.45) is 0. The van der Waals surface area contributed by atoms with E-state index in [1.54, 1.807) is 0 Å². The van der Waals surface area contributed by atoms with E-state index in [4.69, 9.17) is 5.73 Å². The Kier molecular flexibility index (Phi) is 4.18. The first-order valence-corrected chi connectivity index (χ1v) is 7.25. The number of halogens is 12. The van der Waals surface area contributed by atoms with Crippen LogP contribution in [0.4, 0.5) is 54.0 Å². The number of hydrogen-bond acceptors (Lipinski definition) is 1. The van der Waals surface area contributed by atoms with Crippen LogP contribution >= 0.6 is 15.9 Å². The summed E-state index contributed by atoms with van der Waals surface area (Å²) in [5, 5.41) is 0. The first-order valence-electron chi connectivity index (χ1n) is 6.46. The molecule has 0 aromatic heterocycles. The van der Waals surface area contributed by atoms with E-state index in [2.05, 4.69) is 15.9 Å². The van der Waals surface area contributed by atoms with Crippen LogP contribution in [0.3, 0.4) is 0 Å². The topological polar surface area (TPSA) is 26.0 Å². The van der Waals surface area contributed by atoms with E-state index in [0.717, 1.165) is 6.92 Å². The van der Waals surface area contributed by atoms with Crippen LogP contribution in [0, 0.1) is 6.92 Å². The van der Waals surface area contributed by atoms with Crippen molar-refractivity contribution in [3.63, 3.8) is 0 Å². The molecule has 0 spiro atoms. The summed E-state index contributed by atoms with van der Waals surface area (Å²) in [6, 6.07) is 0.108. The number of alkyl halides is 11. The number of hydrogen-bond donors (Lipinski definition) is 1. The van der Waals surface area contributed by atoms with Crippen LogP contribution in [0.2, 0.25) is 0 Å². The average molecular weight is 466 g/mol. The van der Waals surface area contributed by atoms with Gasteiger partial charge in [0.2, 0.25) is 0 Å². The van der Waals surface area contributed by atoms with E-state index in [9.17, 15) is 48.3 Å². The van der Waals surface area contributed by atoms with Crippen molar-refractivity contribution in [2.24, 2.45) is 0 Å². The van der Waals surface area contributed by atoms with Crippen molar-refractivity contribution in [1.82, 2.24) is 0 Å². The van der Waals surface area contributed by atoms with Crippen LogP contribution in [-0.4, -0.2) is 29.6 Å². The van der Waals surface area contributed by atoms with Crippen molar-refractivity contribution in [2.45, 2.75) is 42.2 Å². The van der Waals surface area contributed by atoms with E-state index >= 15 is 0 Å². The molecule has 1 fully saturated rings. The maximum absolute atomic E-state index is 14.8. The Morgan fingerprint density at radius 1 is 0.692 bits per heavy atom. The normalized spacial score (nSPS) is 27.1. The Labute approximate surface area is 146 Å². The summed E-state index contributed by atoms with van der Waals surface area (Å²) in [7, 11) is 0. The van der Waals surface area contributed by atoms with Gasteiger partial charge in [-0.3, -0.25) is 0 Å². The molecule has 148 valence electrons. The Bertz CT molecular complexity index is 705. The zero-order valence-corrected chi connectivity index (χ0v) is 13.9. The van der Waals surface area contributed by atoms with Crippen LogP contribution in [0.15, 0.2) is 16.6 Å². The first kappa shape index (κ1) is 21.0. The molecule has 0 saturated heterocycles. The predicted molar refractivity (Wildman–Crippen MR) is 70.8 cm³/mol. The molecule has 13 heteroatoms. The van der Waals surface area contributed by atoms with Crippen molar-refractivity contribution in [3.8, 4) is 0 Å². The van der Waals surface area contributed by atoms with Gasteiger partial charge in [-0.15, -0.1) is 0 Å². The lowest BCUT2D eigenvalue weighted by atomic mass is 9.69. The van der Waals surface area contributed by atoms with Gasteiger partial charge in [-0.25, -0.2) is 4.39 Å². The number of anilines is 1. The van der Waals surface area contributed by atoms with Crippen molar-refractivity contribution in [2.75, 3.05) is 5.73 Å². The molecule has 1 aliphatic carbocycles. The molecule has 0 amide bonds. The summed E-state index contributed by atoms with van der Waals surface area (Å²) < 4.78 is 150. The van der Waals surface area contributed by atoms with Gasteiger partial charge in [0.1, 0.15) is 0 Å². The van der Waals surface area contributed by atoms with Gasteiger partial charge < -0.3 is 5.73 Å². The monoisotopic (exact) mass is 465 g/mol. The molecule has 1 aromatic rings. The number of benzene rings is 1. The molecule has 0 unspecified atom stereocenters. The third-order valence-electron chi connectivity index (χ3n) is 4.18. The molecule has 26 heavy (non-hydrogen) atoms. The summed E-state index contributed by atoms with van der Waals surface area (Å²) in [5.41, 5.74) is -3.65. The standard InChI is InChI=1S/C13H7BrF11N/c1-4-2-5(3-6(14)7(4)26)8(15)9(16,17)11(20,21)13(24,25)12(22,23)10(8,18)19/h2-3H,26H2,1H3. The minimum Gasteiger partial charge on any atom is -0.398 e. The molecule has 2 N–H and O–H groups in total. The van der Waals surface area contributed by atoms with Crippen molar-refractivity contribution in [3.05, 3.63) is 27.7 Å². The molecule has 1 nitrogen and oxygen atoms in total. The Morgan fingerprint density at radius 3 is 1.38 bits per heavy atom. The molecule has 0 bridgehead atoms. The van der Waals surface area contributed by atoms with Crippen LogP contribution < -0.4 is 5.73 Å². The largest absolute Gasteiger partial charge is 0.398 e. The zero-order chi connectivity index (χ0) is 20.7. The summed E-state index contributed by atoms with van der Waals surface area (Å²) in [6.45, 7) is 0.941. The first-order chi connectivity index (χ1) is 11.3. The molecule has 0 heterocycles. The minimum atomic E-state index is -7.23. The van der Waals surface area contributed by atoms with Gasteiger partial charge in [0.25, 0.3) is 5.67 Å². The molecule has 1 aliphatic rings. The van der Waals surface area contributed by atoms with E-state index in [-0.39, 0.29) is 17.8 Å². The van der Waals surface area contributed by atoms with Crippen LogP contribution in [0.5, 0.6) is 0 Å². The highest BCUT2D eigenvalue weighted by atomic mass is 79.9. The highest BCUT2D eigenvalue weighted by molar-refractivity contribution is 9.10. The third kappa shape index (κ3) is 1.92. The molecule has 2 rings (SSSR count). The van der Waals surface area contributed by atoms with Gasteiger partial charge in [-0.05, 0) is 34.5 Å². The van der Waals surface area contributed by atoms with Crippen molar-refractivity contribution in [1.29, 1.82) is 0 Å². The van der Waals surface area contributed by atoms with Gasteiger partial charge in [-0.1, -0.05) is 6.07 Å². The van der Waals surface area contributed by atoms with E-state index in [1.807, 2.05) is 0 Å². The fraction of sp³-hybridized carbons (Fsp3) is 0.538. The number of nitrogen functional groups attached to an aromatic ring is 1. The maximum atomic E-state index is 14.8. The lowest BCUT2D eigenvalue weighted by Crippen LogP contribution is -2.82. The van der Waals surface area contributed by atoms with Gasteiger partial charge >= 0.3 is 29.6 Å². The molecule has 0 aliphatic heterocycles. The SMILES string of the molecule is Cc1cc(C2(F)C(F)(F)C(F)(F)C(F)(F)C(F)(F)C2(F)F)cc(Br)c1N. The van der Waals surface area contributed by atoms with Crippen LogP contribution in [0.25, 0.3) is 0 Å². The second-order valence-electron chi connectivity index (χ2n) is 5.72. The average Bonchev–Trinajstić information content (AvgIpc) is 2.49. The predicted octanol–water partition coefficient (Wildman–Crippen LogP) is 5.69. The van der Waals surface area contributed by atoms with Crippen LogP contribution in [0.1, 0.15) is 11.1 Å². The van der Waals surface area contributed by atoms with E-state index < -0.39 is 50.9 Å².